The van der Waals surface area contributed by atoms with Crippen molar-refractivity contribution < 1.29 is 19.4 Å². The Labute approximate surface area is 124 Å². The first kappa shape index (κ1) is 15.5. The van der Waals surface area contributed by atoms with Crippen LogP contribution in [0.3, 0.4) is 0 Å². The van der Waals surface area contributed by atoms with Crippen molar-refractivity contribution in [2.45, 2.75) is 32.1 Å². The highest BCUT2D eigenvalue weighted by molar-refractivity contribution is 5.90. The van der Waals surface area contributed by atoms with E-state index in [9.17, 15) is 9.59 Å². The molecule has 1 fully saturated rings. The van der Waals surface area contributed by atoms with Gasteiger partial charge in [0.2, 0.25) is 5.91 Å². The van der Waals surface area contributed by atoms with Crippen LogP contribution in [0.2, 0.25) is 0 Å². The number of hydrogen-bond donors (Lipinski definition) is 2. The summed E-state index contributed by atoms with van der Waals surface area (Å²) in [5, 5.41) is 11.8. The van der Waals surface area contributed by atoms with Crippen LogP contribution in [0.25, 0.3) is 0 Å². The lowest BCUT2D eigenvalue weighted by Crippen LogP contribution is -2.14. The number of carbonyl (C=O) groups excluding carboxylic acids is 1. The van der Waals surface area contributed by atoms with E-state index in [1.54, 1.807) is 31.2 Å². The molecule has 1 saturated heterocycles. The molecule has 1 aromatic rings. The molecule has 0 radical (unpaired) electrons. The molecule has 1 aromatic carbocycles. The topological polar surface area (TPSA) is 75.6 Å². The summed E-state index contributed by atoms with van der Waals surface area (Å²) < 4.78 is 5.28. The lowest BCUT2D eigenvalue weighted by molar-refractivity contribution is -0.138. The summed E-state index contributed by atoms with van der Waals surface area (Å²) in [7, 11) is 0. The third kappa shape index (κ3) is 4.56. The van der Waals surface area contributed by atoms with Gasteiger partial charge in [0, 0.05) is 25.3 Å². The molecule has 1 aliphatic heterocycles. The Morgan fingerprint density at radius 1 is 1.38 bits per heavy atom. The maximum Gasteiger partial charge on any atom is 0.310 e. The number of hydrogen-bond acceptors (Lipinski definition) is 3. The molecule has 1 amide bonds. The zero-order valence-electron chi connectivity index (χ0n) is 12.2. The molecule has 0 aromatic heterocycles. The summed E-state index contributed by atoms with van der Waals surface area (Å²) in [6.07, 6.45) is 2.37. The van der Waals surface area contributed by atoms with Crippen LogP contribution in [0.4, 0.5) is 5.69 Å². The van der Waals surface area contributed by atoms with Gasteiger partial charge < -0.3 is 15.2 Å². The van der Waals surface area contributed by atoms with Gasteiger partial charge in [-0.15, -0.1) is 0 Å². The Balaban J connectivity index is 1.82. The van der Waals surface area contributed by atoms with Crippen molar-refractivity contribution in [1.82, 2.24) is 0 Å². The Kier molecular flexibility index (Phi) is 5.33. The fourth-order valence-electron chi connectivity index (χ4n) is 2.37. The van der Waals surface area contributed by atoms with Gasteiger partial charge in [0.25, 0.3) is 0 Å². The molecule has 0 aliphatic carbocycles. The van der Waals surface area contributed by atoms with Crippen LogP contribution < -0.4 is 5.32 Å². The highest BCUT2D eigenvalue weighted by atomic mass is 16.5. The molecule has 2 unspecified atom stereocenters. The highest BCUT2D eigenvalue weighted by Crippen LogP contribution is 2.20. The summed E-state index contributed by atoms with van der Waals surface area (Å²) in [6.45, 7) is 3.20. The van der Waals surface area contributed by atoms with Crippen LogP contribution in [0, 0.1) is 5.92 Å². The molecule has 2 rings (SSSR count). The van der Waals surface area contributed by atoms with Gasteiger partial charge >= 0.3 is 5.97 Å². The van der Waals surface area contributed by atoms with Crippen LogP contribution in [-0.2, 0) is 14.3 Å². The number of amides is 1. The van der Waals surface area contributed by atoms with Crippen molar-refractivity contribution >= 4 is 17.6 Å². The number of aliphatic carboxylic acids is 1. The van der Waals surface area contributed by atoms with Crippen molar-refractivity contribution in [2.75, 3.05) is 18.5 Å². The number of carboxylic acids is 1. The SMILES string of the molecule is CC(C(=O)O)c1ccc(NC(=O)CCC2CCOC2)cc1. The van der Waals surface area contributed by atoms with Crippen molar-refractivity contribution in [3.8, 4) is 0 Å². The molecule has 2 atom stereocenters. The Hall–Kier alpha value is -1.88. The van der Waals surface area contributed by atoms with Gasteiger partial charge in [0.1, 0.15) is 0 Å². The lowest BCUT2D eigenvalue weighted by Gasteiger charge is -2.10. The van der Waals surface area contributed by atoms with E-state index >= 15 is 0 Å². The fourth-order valence-corrected chi connectivity index (χ4v) is 2.37. The maximum absolute atomic E-state index is 11.9. The molecule has 1 aliphatic rings. The van der Waals surface area contributed by atoms with E-state index in [0.717, 1.165) is 31.6 Å². The summed E-state index contributed by atoms with van der Waals surface area (Å²) in [5.41, 5.74) is 1.42. The minimum absolute atomic E-state index is 0.0130. The van der Waals surface area contributed by atoms with E-state index < -0.39 is 11.9 Å². The van der Waals surface area contributed by atoms with Crippen molar-refractivity contribution in [3.05, 3.63) is 29.8 Å². The summed E-state index contributed by atoms with van der Waals surface area (Å²) >= 11 is 0. The molecule has 0 saturated carbocycles. The lowest BCUT2D eigenvalue weighted by atomic mass is 10.0. The van der Waals surface area contributed by atoms with Gasteiger partial charge in [-0.3, -0.25) is 9.59 Å². The smallest absolute Gasteiger partial charge is 0.310 e. The van der Waals surface area contributed by atoms with E-state index in [1.165, 1.54) is 0 Å². The van der Waals surface area contributed by atoms with Crippen LogP contribution in [0.5, 0.6) is 0 Å². The average Bonchev–Trinajstić information content (AvgIpc) is 2.98. The van der Waals surface area contributed by atoms with Gasteiger partial charge in [0.05, 0.1) is 5.92 Å². The monoisotopic (exact) mass is 291 g/mol. The molecular weight excluding hydrogens is 270 g/mol. The largest absolute Gasteiger partial charge is 0.481 e. The first-order valence-corrected chi connectivity index (χ1v) is 7.26. The quantitative estimate of drug-likeness (QED) is 0.844. The van der Waals surface area contributed by atoms with Crippen molar-refractivity contribution in [3.63, 3.8) is 0 Å². The zero-order valence-corrected chi connectivity index (χ0v) is 12.2. The number of nitrogens with one attached hydrogen (secondary N) is 1. The zero-order chi connectivity index (χ0) is 15.2. The fraction of sp³-hybridized carbons (Fsp3) is 0.500. The minimum Gasteiger partial charge on any atom is -0.481 e. The Morgan fingerprint density at radius 3 is 2.67 bits per heavy atom. The van der Waals surface area contributed by atoms with Gasteiger partial charge in [-0.25, -0.2) is 0 Å². The van der Waals surface area contributed by atoms with Gasteiger partial charge in [0.15, 0.2) is 0 Å². The molecule has 5 heteroatoms. The Bertz CT molecular complexity index is 492. The molecule has 1 heterocycles. The van der Waals surface area contributed by atoms with Gasteiger partial charge in [-0.1, -0.05) is 12.1 Å². The molecular formula is C16H21NO4. The normalized spacial score (nSPS) is 19.2. The predicted octanol–water partition coefficient (Wildman–Crippen LogP) is 2.63. The van der Waals surface area contributed by atoms with Crippen molar-refractivity contribution in [2.24, 2.45) is 5.92 Å². The molecule has 5 nitrogen and oxygen atoms in total. The number of anilines is 1. The molecule has 2 N–H and O–H groups in total. The standard InChI is InChI=1S/C16H21NO4/c1-11(16(19)20)13-3-5-14(6-4-13)17-15(18)7-2-12-8-9-21-10-12/h3-6,11-12H,2,7-10H2,1H3,(H,17,18)(H,19,20). The maximum atomic E-state index is 11.9. The second kappa shape index (κ2) is 7.22. The molecule has 0 spiro atoms. The van der Waals surface area contributed by atoms with E-state index in [-0.39, 0.29) is 5.91 Å². The van der Waals surface area contributed by atoms with Crippen LogP contribution in [0.1, 0.15) is 37.7 Å². The number of carbonyl (C=O) groups is 2. The summed E-state index contributed by atoms with van der Waals surface area (Å²) in [4.78, 5) is 22.7. The van der Waals surface area contributed by atoms with Gasteiger partial charge in [-0.2, -0.15) is 0 Å². The van der Waals surface area contributed by atoms with E-state index in [2.05, 4.69) is 5.32 Å². The minimum atomic E-state index is -0.856. The predicted molar refractivity (Wildman–Crippen MR) is 79.3 cm³/mol. The van der Waals surface area contributed by atoms with Crippen molar-refractivity contribution in [1.29, 1.82) is 0 Å². The second-order valence-electron chi connectivity index (χ2n) is 5.50. The molecule has 0 bridgehead atoms. The van der Waals surface area contributed by atoms with Crippen LogP contribution in [0.15, 0.2) is 24.3 Å². The third-order valence-corrected chi connectivity index (χ3v) is 3.87. The molecule has 21 heavy (non-hydrogen) atoms. The van der Waals surface area contributed by atoms with Crippen LogP contribution >= 0.6 is 0 Å². The number of carboxylic acid groups (broad SMARTS) is 1. The number of rotatable bonds is 6. The van der Waals surface area contributed by atoms with E-state index in [4.69, 9.17) is 9.84 Å². The summed E-state index contributed by atoms with van der Waals surface area (Å²) in [6, 6.07) is 6.95. The second-order valence-corrected chi connectivity index (χ2v) is 5.50. The number of benzene rings is 1. The van der Waals surface area contributed by atoms with Crippen LogP contribution in [-0.4, -0.2) is 30.2 Å². The summed E-state index contributed by atoms with van der Waals surface area (Å²) in [5.74, 6) is -0.918. The molecule has 114 valence electrons. The van der Waals surface area contributed by atoms with E-state index in [1.807, 2.05) is 0 Å². The first-order chi connectivity index (χ1) is 10.1. The van der Waals surface area contributed by atoms with E-state index in [0.29, 0.717) is 18.0 Å². The average molecular weight is 291 g/mol. The number of ether oxygens (including phenoxy) is 1. The highest BCUT2D eigenvalue weighted by Gasteiger charge is 2.17. The van der Waals surface area contributed by atoms with Gasteiger partial charge in [-0.05, 0) is 43.4 Å². The third-order valence-electron chi connectivity index (χ3n) is 3.87. The Morgan fingerprint density at radius 2 is 2.10 bits per heavy atom. The first-order valence-electron chi connectivity index (χ1n) is 7.26.